The number of rotatable bonds is 9. The molecule has 0 aromatic heterocycles. The van der Waals surface area contributed by atoms with Gasteiger partial charge in [0.15, 0.2) is 0 Å². The molecule has 1 unspecified atom stereocenters. The normalized spacial score (nSPS) is 21.3. The Bertz CT molecular complexity index is 446. The monoisotopic (exact) mass is 300 g/mol. The molecule has 21 heavy (non-hydrogen) atoms. The quantitative estimate of drug-likeness (QED) is 0.296. The van der Waals surface area contributed by atoms with Gasteiger partial charge in [-0.3, -0.25) is 0 Å². The van der Waals surface area contributed by atoms with E-state index < -0.39 is 8.07 Å². The highest BCUT2D eigenvalue weighted by Gasteiger charge is 2.47. The van der Waals surface area contributed by atoms with Gasteiger partial charge in [-0.1, -0.05) is 106 Å². The maximum absolute atomic E-state index is 2.57. The fourth-order valence-electron chi connectivity index (χ4n) is 3.73. The number of unbranched alkanes of at least 4 members (excludes halogenated alkanes) is 5. The first-order chi connectivity index (χ1) is 10.1. The van der Waals surface area contributed by atoms with Crippen molar-refractivity contribution in [1.29, 1.82) is 0 Å². The smallest absolute Gasteiger partial charge is 0.0877 e. The SMILES string of the molecule is CCCCCCCCC1([Si](C)(C)c2ccccc2)C=CC1. The summed E-state index contributed by atoms with van der Waals surface area (Å²) in [7, 11) is -1.41. The van der Waals surface area contributed by atoms with Crippen molar-refractivity contribution in [3.8, 4) is 0 Å². The molecular weight excluding hydrogens is 268 g/mol. The predicted octanol–water partition coefficient (Wildman–Crippen LogP) is 6.05. The van der Waals surface area contributed by atoms with E-state index in [0.717, 1.165) is 0 Å². The van der Waals surface area contributed by atoms with Crippen LogP contribution in [-0.4, -0.2) is 8.07 Å². The van der Waals surface area contributed by atoms with Gasteiger partial charge in [0.2, 0.25) is 0 Å². The second-order valence-electron chi connectivity index (χ2n) is 7.27. The lowest BCUT2D eigenvalue weighted by atomic mass is 9.88. The molecule has 1 atom stereocenters. The first kappa shape index (κ1) is 16.5. The van der Waals surface area contributed by atoms with Crippen LogP contribution >= 0.6 is 0 Å². The molecule has 1 aromatic carbocycles. The van der Waals surface area contributed by atoms with Gasteiger partial charge in [0, 0.05) is 0 Å². The van der Waals surface area contributed by atoms with Crippen molar-refractivity contribution in [3.05, 3.63) is 42.5 Å². The molecule has 0 heterocycles. The first-order valence-corrected chi connectivity index (χ1v) is 11.9. The summed E-state index contributed by atoms with van der Waals surface area (Å²) in [6.07, 6.45) is 16.1. The van der Waals surface area contributed by atoms with Gasteiger partial charge in [0.05, 0.1) is 8.07 Å². The zero-order valence-electron chi connectivity index (χ0n) is 14.2. The van der Waals surface area contributed by atoms with Gasteiger partial charge in [0.25, 0.3) is 0 Å². The standard InChI is InChI=1S/C20H32Si/c1-4-5-6-7-8-12-16-20(17-13-18-20)21(2,3)19-14-10-9-11-15-19/h9-11,13-15,17H,4-8,12,16,18H2,1-3H3. The lowest BCUT2D eigenvalue weighted by molar-refractivity contribution is 0.502. The van der Waals surface area contributed by atoms with E-state index in [1.807, 2.05) is 0 Å². The van der Waals surface area contributed by atoms with Crippen LogP contribution in [0.3, 0.4) is 0 Å². The van der Waals surface area contributed by atoms with Crippen molar-refractivity contribution >= 4 is 13.3 Å². The molecule has 1 aliphatic carbocycles. The predicted molar refractivity (Wildman–Crippen MR) is 98.0 cm³/mol. The maximum Gasteiger partial charge on any atom is 0.0907 e. The van der Waals surface area contributed by atoms with Gasteiger partial charge in [-0.2, -0.15) is 0 Å². The van der Waals surface area contributed by atoms with E-state index >= 15 is 0 Å². The van der Waals surface area contributed by atoms with Crippen LogP contribution in [0.5, 0.6) is 0 Å². The molecule has 1 aliphatic rings. The Morgan fingerprint density at radius 1 is 0.952 bits per heavy atom. The van der Waals surface area contributed by atoms with Gasteiger partial charge in [-0.25, -0.2) is 0 Å². The van der Waals surface area contributed by atoms with Crippen LogP contribution in [0.2, 0.25) is 18.1 Å². The third-order valence-corrected chi connectivity index (χ3v) is 10.5. The Hall–Kier alpha value is -0.823. The summed E-state index contributed by atoms with van der Waals surface area (Å²) in [5.74, 6) is 0. The van der Waals surface area contributed by atoms with Crippen LogP contribution < -0.4 is 5.19 Å². The highest BCUT2D eigenvalue weighted by Crippen LogP contribution is 2.53. The van der Waals surface area contributed by atoms with Crippen LogP contribution in [-0.2, 0) is 0 Å². The zero-order valence-corrected chi connectivity index (χ0v) is 15.2. The van der Waals surface area contributed by atoms with E-state index in [9.17, 15) is 0 Å². The molecule has 0 aliphatic heterocycles. The number of benzene rings is 1. The highest BCUT2D eigenvalue weighted by atomic mass is 28.3. The summed E-state index contributed by atoms with van der Waals surface area (Å²) in [6, 6.07) is 11.3. The molecule has 1 aromatic rings. The fourth-order valence-corrected chi connectivity index (χ4v) is 7.29. The lowest BCUT2D eigenvalue weighted by Gasteiger charge is -2.48. The van der Waals surface area contributed by atoms with Gasteiger partial charge in [-0.05, 0) is 17.9 Å². The van der Waals surface area contributed by atoms with Crippen LogP contribution in [0, 0.1) is 0 Å². The largest absolute Gasteiger partial charge is 0.0907 e. The number of allylic oxidation sites excluding steroid dienone is 2. The van der Waals surface area contributed by atoms with E-state index in [2.05, 4.69) is 62.5 Å². The van der Waals surface area contributed by atoms with Crippen molar-refractivity contribution in [2.24, 2.45) is 0 Å². The summed E-state index contributed by atoms with van der Waals surface area (Å²) in [6.45, 7) is 7.44. The molecule has 0 saturated carbocycles. The minimum atomic E-state index is -1.41. The molecule has 0 bridgehead atoms. The van der Waals surface area contributed by atoms with Gasteiger partial charge in [0.1, 0.15) is 0 Å². The Morgan fingerprint density at radius 3 is 2.14 bits per heavy atom. The van der Waals surface area contributed by atoms with Crippen molar-refractivity contribution in [3.63, 3.8) is 0 Å². The van der Waals surface area contributed by atoms with Crippen molar-refractivity contribution < 1.29 is 0 Å². The van der Waals surface area contributed by atoms with Crippen LogP contribution in [0.25, 0.3) is 0 Å². The minimum absolute atomic E-state index is 0.527. The van der Waals surface area contributed by atoms with Gasteiger partial charge < -0.3 is 0 Å². The van der Waals surface area contributed by atoms with E-state index in [1.165, 1.54) is 51.4 Å². The third-order valence-electron chi connectivity index (χ3n) is 5.64. The third kappa shape index (κ3) is 3.69. The van der Waals surface area contributed by atoms with E-state index in [-0.39, 0.29) is 0 Å². The average Bonchev–Trinajstić information content (AvgIpc) is 2.45. The van der Waals surface area contributed by atoms with Crippen LogP contribution in [0.1, 0.15) is 58.3 Å². The second-order valence-corrected chi connectivity index (χ2v) is 12.1. The fraction of sp³-hybridized carbons (Fsp3) is 0.600. The maximum atomic E-state index is 2.57. The summed E-state index contributed by atoms with van der Waals surface area (Å²) < 4.78 is 0. The average molecular weight is 301 g/mol. The number of hydrogen-bond donors (Lipinski definition) is 0. The lowest BCUT2D eigenvalue weighted by Crippen LogP contribution is -2.53. The molecule has 0 saturated heterocycles. The summed E-state index contributed by atoms with van der Waals surface area (Å²) in [4.78, 5) is 0. The van der Waals surface area contributed by atoms with E-state index in [0.29, 0.717) is 5.04 Å². The first-order valence-electron chi connectivity index (χ1n) is 8.86. The molecule has 0 N–H and O–H groups in total. The molecule has 0 radical (unpaired) electrons. The van der Waals surface area contributed by atoms with Crippen molar-refractivity contribution in [2.45, 2.75) is 76.4 Å². The zero-order chi connectivity index (χ0) is 15.2. The number of hydrogen-bond acceptors (Lipinski definition) is 0. The molecular formula is C20H32Si. The second kappa shape index (κ2) is 7.44. The molecule has 0 spiro atoms. The van der Waals surface area contributed by atoms with Gasteiger partial charge in [-0.15, -0.1) is 0 Å². The highest BCUT2D eigenvalue weighted by molar-refractivity contribution is 6.93. The Morgan fingerprint density at radius 2 is 1.57 bits per heavy atom. The van der Waals surface area contributed by atoms with Gasteiger partial charge >= 0.3 is 0 Å². The molecule has 1 heteroatoms. The molecule has 0 amide bonds. The minimum Gasteiger partial charge on any atom is -0.0877 e. The van der Waals surface area contributed by atoms with E-state index in [4.69, 9.17) is 0 Å². The topological polar surface area (TPSA) is 0 Å². The molecule has 116 valence electrons. The Balaban J connectivity index is 1.93. The molecule has 2 rings (SSSR count). The summed E-state index contributed by atoms with van der Waals surface area (Å²) >= 11 is 0. The van der Waals surface area contributed by atoms with E-state index in [1.54, 1.807) is 5.19 Å². The summed E-state index contributed by atoms with van der Waals surface area (Å²) in [5.41, 5.74) is 0. The van der Waals surface area contributed by atoms with Crippen molar-refractivity contribution in [2.75, 3.05) is 0 Å². The van der Waals surface area contributed by atoms with Crippen LogP contribution in [0.15, 0.2) is 42.5 Å². The van der Waals surface area contributed by atoms with Crippen molar-refractivity contribution in [1.82, 2.24) is 0 Å². The Kier molecular flexibility index (Phi) is 5.86. The molecule has 0 fully saturated rings. The summed E-state index contributed by atoms with van der Waals surface area (Å²) in [5, 5.41) is 2.15. The Labute approximate surface area is 132 Å². The molecule has 0 nitrogen and oxygen atoms in total. The van der Waals surface area contributed by atoms with Crippen LogP contribution in [0.4, 0.5) is 0 Å².